The molecule has 0 aromatic heterocycles. The maximum Gasteiger partial charge on any atom is 0.218 e. The molecule has 0 aromatic carbocycles. The molecule has 0 bridgehead atoms. The highest BCUT2D eigenvalue weighted by molar-refractivity contribution is 7.80. The summed E-state index contributed by atoms with van der Waals surface area (Å²) in [5.74, 6) is 0. The van der Waals surface area contributed by atoms with E-state index in [4.69, 9.17) is 29.3 Å². The molecular weight excluding hydrogens is 296 g/mol. The Hall–Kier alpha value is -0.700. The number of hydrogen-bond acceptors (Lipinski definition) is 4. The predicted molar refractivity (Wildman–Crippen MR) is 81.9 cm³/mol. The van der Waals surface area contributed by atoms with Crippen molar-refractivity contribution in [3.63, 3.8) is 0 Å². The summed E-state index contributed by atoms with van der Waals surface area (Å²) in [7, 11) is 0. The fourth-order valence-electron chi connectivity index (χ4n) is 3.31. The van der Waals surface area contributed by atoms with Gasteiger partial charge in [-0.15, -0.1) is 0 Å². The van der Waals surface area contributed by atoms with Gasteiger partial charge in [0.05, 0.1) is 16.6 Å². The summed E-state index contributed by atoms with van der Waals surface area (Å²) < 4.78 is 0. The minimum atomic E-state index is -0.956. The quantitative estimate of drug-likeness (QED) is 0.575. The first-order chi connectivity index (χ1) is 8.97. The summed E-state index contributed by atoms with van der Waals surface area (Å²) in [4.78, 5) is 6.14. The van der Waals surface area contributed by atoms with E-state index in [1.807, 2.05) is 13.8 Å². The number of hydroxylamine groups is 4. The SMILES string of the molecule is CC1(C)NC(=S)N2OC3(CC21C)N(O)C(=S)NC3(C)C. The first kappa shape index (κ1) is 14.2. The van der Waals surface area contributed by atoms with Crippen LogP contribution in [0.1, 0.15) is 41.0 Å². The molecule has 112 valence electrons. The number of fused-ring (bicyclic) bond motifs is 1. The monoisotopic (exact) mass is 316 g/mol. The zero-order chi connectivity index (χ0) is 15.1. The van der Waals surface area contributed by atoms with Crippen LogP contribution in [0.25, 0.3) is 0 Å². The van der Waals surface area contributed by atoms with Gasteiger partial charge in [-0.2, -0.15) is 5.06 Å². The van der Waals surface area contributed by atoms with Crippen LogP contribution in [-0.4, -0.2) is 47.9 Å². The zero-order valence-electron chi connectivity index (χ0n) is 12.3. The molecule has 3 saturated heterocycles. The van der Waals surface area contributed by atoms with E-state index in [2.05, 4.69) is 31.4 Å². The van der Waals surface area contributed by atoms with Crippen LogP contribution >= 0.6 is 24.4 Å². The van der Waals surface area contributed by atoms with Gasteiger partial charge in [0.2, 0.25) is 5.72 Å². The Balaban J connectivity index is 2.10. The zero-order valence-corrected chi connectivity index (χ0v) is 13.9. The maximum atomic E-state index is 10.4. The van der Waals surface area contributed by atoms with Crippen molar-refractivity contribution in [2.45, 2.75) is 63.4 Å². The van der Waals surface area contributed by atoms with Gasteiger partial charge in [-0.1, -0.05) is 0 Å². The van der Waals surface area contributed by atoms with Crippen LogP contribution in [0.4, 0.5) is 0 Å². The third kappa shape index (κ3) is 1.35. The van der Waals surface area contributed by atoms with E-state index in [1.165, 1.54) is 0 Å². The molecule has 1 spiro atoms. The Bertz CT molecular complexity index is 524. The Kier molecular flexibility index (Phi) is 2.53. The lowest BCUT2D eigenvalue weighted by Crippen LogP contribution is -2.60. The lowest BCUT2D eigenvalue weighted by Gasteiger charge is -2.39. The van der Waals surface area contributed by atoms with E-state index in [9.17, 15) is 5.21 Å². The summed E-state index contributed by atoms with van der Waals surface area (Å²) in [6.45, 7) is 10.2. The van der Waals surface area contributed by atoms with Gasteiger partial charge >= 0.3 is 0 Å². The van der Waals surface area contributed by atoms with Crippen LogP contribution in [0.3, 0.4) is 0 Å². The Morgan fingerprint density at radius 3 is 2.05 bits per heavy atom. The fraction of sp³-hybridized carbons (Fsp3) is 0.833. The molecule has 2 unspecified atom stereocenters. The highest BCUT2D eigenvalue weighted by atomic mass is 32.1. The van der Waals surface area contributed by atoms with Crippen LogP contribution in [0.15, 0.2) is 0 Å². The van der Waals surface area contributed by atoms with Gasteiger partial charge in [0, 0.05) is 6.42 Å². The second-order valence-corrected chi connectivity index (χ2v) is 7.82. The van der Waals surface area contributed by atoms with Gasteiger partial charge in [-0.3, -0.25) is 5.21 Å². The van der Waals surface area contributed by atoms with E-state index in [-0.39, 0.29) is 16.2 Å². The molecule has 3 fully saturated rings. The number of nitrogens with one attached hydrogen (secondary N) is 2. The molecule has 6 nitrogen and oxygen atoms in total. The third-order valence-corrected chi connectivity index (χ3v) is 5.70. The summed E-state index contributed by atoms with van der Waals surface area (Å²) in [5, 5.41) is 20.4. The molecule has 0 saturated carbocycles. The second kappa shape index (κ2) is 3.55. The first-order valence-corrected chi connectivity index (χ1v) is 7.41. The molecule has 3 heterocycles. The van der Waals surface area contributed by atoms with Crippen molar-refractivity contribution in [3.8, 4) is 0 Å². The minimum absolute atomic E-state index is 0.269. The normalized spacial score (nSPS) is 41.1. The molecule has 0 amide bonds. The van der Waals surface area contributed by atoms with E-state index in [1.54, 1.807) is 5.06 Å². The Morgan fingerprint density at radius 2 is 1.60 bits per heavy atom. The smallest absolute Gasteiger partial charge is 0.218 e. The lowest BCUT2D eigenvalue weighted by atomic mass is 9.74. The summed E-state index contributed by atoms with van der Waals surface area (Å²) >= 11 is 10.5. The van der Waals surface area contributed by atoms with Crippen molar-refractivity contribution in [2.75, 3.05) is 0 Å². The average Bonchev–Trinajstić information content (AvgIpc) is 2.76. The van der Waals surface area contributed by atoms with Crippen LogP contribution in [-0.2, 0) is 4.84 Å². The lowest BCUT2D eigenvalue weighted by molar-refractivity contribution is -0.287. The Labute approximate surface area is 129 Å². The van der Waals surface area contributed by atoms with Crippen molar-refractivity contribution in [1.29, 1.82) is 0 Å². The van der Waals surface area contributed by atoms with E-state index in [0.29, 0.717) is 11.5 Å². The summed E-state index contributed by atoms with van der Waals surface area (Å²) in [5.41, 5.74) is -2.13. The number of nitrogens with zero attached hydrogens (tertiary/aromatic N) is 2. The van der Waals surface area contributed by atoms with Gasteiger partial charge in [-0.05, 0) is 59.1 Å². The van der Waals surface area contributed by atoms with E-state index >= 15 is 0 Å². The number of thiocarbonyl (C=S) groups is 2. The third-order valence-electron chi connectivity index (χ3n) is 5.16. The molecular formula is C12H20N4O2S2. The first-order valence-electron chi connectivity index (χ1n) is 6.60. The van der Waals surface area contributed by atoms with Crippen molar-refractivity contribution in [3.05, 3.63) is 0 Å². The van der Waals surface area contributed by atoms with Gasteiger partial charge in [0.25, 0.3) is 0 Å². The van der Waals surface area contributed by atoms with Crippen molar-refractivity contribution in [2.24, 2.45) is 0 Å². The maximum absolute atomic E-state index is 10.4. The molecule has 3 rings (SSSR count). The second-order valence-electron chi connectivity index (χ2n) is 7.04. The van der Waals surface area contributed by atoms with Crippen molar-refractivity contribution >= 4 is 34.7 Å². The molecule has 0 radical (unpaired) electrons. The molecule has 3 aliphatic rings. The number of rotatable bonds is 0. The van der Waals surface area contributed by atoms with Crippen LogP contribution in [0.2, 0.25) is 0 Å². The van der Waals surface area contributed by atoms with Crippen LogP contribution in [0, 0.1) is 0 Å². The topological polar surface area (TPSA) is 60.0 Å². The molecule has 2 atom stereocenters. The standard InChI is InChI=1S/C12H20N4O2S2/c1-9(2)11(5)6-12(18-16(11)8(20)14-9)10(3,4)13-7(19)15(12)17/h17H,6H2,1-5H3,(H,13,19)(H,14,20). The van der Waals surface area contributed by atoms with E-state index < -0.39 is 11.3 Å². The van der Waals surface area contributed by atoms with Crippen LogP contribution < -0.4 is 10.6 Å². The average molecular weight is 316 g/mol. The van der Waals surface area contributed by atoms with Gasteiger partial charge in [0.1, 0.15) is 0 Å². The van der Waals surface area contributed by atoms with Crippen molar-refractivity contribution in [1.82, 2.24) is 20.8 Å². The van der Waals surface area contributed by atoms with E-state index in [0.717, 1.165) is 5.06 Å². The fourth-order valence-corrected chi connectivity index (χ4v) is 4.21. The minimum Gasteiger partial charge on any atom is -0.353 e. The highest BCUT2D eigenvalue weighted by Crippen LogP contribution is 2.54. The molecule has 3 aliphatic heterocycles. The number of hydrogen-bond donors (Lipinski definition) is 3. The van der Waals surface area contributed by atoms with Crippen LogP contribution in [0.5, 0.6) is 0 Å². The van der Waals surface area contributed by atoms with Gasteiger partial charge in [-0.25, -0.2) is 9.90 Å². The molecule has 0 aromatic rings. The van der Waals surface area contributed by atoms with Gasteiger partial charge in [0.15, 0.2) is 10.2 Å². The van der Waals surface area contributed by atoms with Gasteiger partial charge < -0.3 is 10.6 Å². The largest absolute Gasteiger partial charge is 0.353 e. The molecule has 0 aliphatic carbocycles. The predicted octanol–water partition coefficient (Wildman–Crippen LogP) is 1.10. The molecule has 8 heteroatoms. The summed E-state index contributed by atoms with van der Waals surface area (Å²) in [6, 6.07) is 0. The Morgan fingerprint density at radius 1 is 1.05 bits per heavy atom. The highest BCUT2D eigenvalue weighted by Gasteiger charge is 2.72. The molecule has 20 heavy (non-hydrogen) atoms. The molecule has 3 N–H and O–H groups in total. The summed E-state index contributed by atoms with van der Waals surface area (Å²) in [6.07, 6.45) is 0.566. The van der Waals surface area contributed by atoms with Crippen molar-refractivity contribution < 1.29 is 10.0 Å².